The summed E-state index contributed by atoms with van der Waals surface area (Å²) in [6, 6.07) is 3.59. The molecule has 2 amide bonds. The molecule has 3 aromatic rings. The third-order valence-corrected chi connectivity index (χ3v) is 6.86. The van der Waals surface area contributed by atoms with Gasteiger partial charge in [-0.3, -0.25) is 9.59 Å². The lowest BCUT2D eigenvalue weighted by atomic mass is 10.1. The minimum absolute atomic E-state index is 0.0581. The Bertz CT molecular complexity index is 1410. The first kappa shape index (κ1) is 26.3. The van der Waals surface area contributed by atoms with Crippen molar-refractivity contribution in [3.8, 4) is 11.8 Å². The number of anilines is 1. The van der Waals surface area contributed by atoms with E-state index in [2.05, 4.69) is 33.8 Å². The summed E-state index contributed by atoms with van der Waals surface area (Å²) in [6.45, 7) is 7.82. The van der Waals surface area contributed by atoms with E-state index in [1.54, 1.807) is 30.1 Å². The number of rotatable bonds is 8. The number of amides is 2. The zero-order valence-electron chi connectivity index (χ0n) is 21.1. The lowest BCUT2D eigenvalue weighted by Crippen LogP contribution is -2.37. The Balaban J connectivity index is 1.66. The van der Waals surface area contributed by atoms with Crippen molar-refractivity contribution in [2.75, 3.05) is 32.6 Å². The molecule has 0 spiro atoms. The average molecular weight is 524 g/mol. The minimum Gasteiger partial charge on any atom is -0.383 e. The summed E-state index contributed by atoms with van der Waals surface area (Å²) < 4.78 is 8.99. The first-order valence-corrected chi connectivity index (χ1v) is 12.4. The fourth-order valence-corrected chi connectivity index (χ4v) is 5.06. The van der Waals surface area contributed by atoms with Crippen molar-refractivity contribution in [2.45, 2.75) is 32.5 Å². The number of nitrogens with zero attached hydrogens (tertiary/aromatic N) is 5. The number of aryl methyl sites for hydroxylation is 1. The van der Waals surface area contributed by atoms with E-state index in [0.29, 0.717) is 36.1 Å². The Morgan fingerprint density at radius 1 is 1.38 bits per heavy atom. The van der Waals surface area contributed by atoms with Crippen LogP contribution in [0.1, 0.15) is 35.0 Å². The number of fused-ring (bicyclic) bond motifs is 1. The van der Waals surface area contributed by atoms with E-state index in [-0.39, 0.29) is 29.1 Å². The van der Waals surface area contributed by atoms with Gasteiger partial charge in [0.25, 0.3) is 5.91 Å². The number of carbonyl (C=O) groups is 2. The monoisotopic (exact) mass is 523 g/mol. The smallest absolute Gasteiger partial charge is 0.255 e. The van der Waals surface area contributed by atoms with Gasteiger partial charge in [0.15, 0.2) is 5.69 Å². The first-order valence-electron chi connectivity index (χ1n) is 12.0. The summed E-state index contributed by atoms with van der Waals surface area (Å²) in [5.74, 6) is 5.79. The van der Waals surface area contributed by atoms with Crippen LogP contribution in [0.5, 0.6) is 0 Å². The zero-order chi connectivity index (χ0) is 26.7. The second-order valence-corrected chi connectivity index (χ2v) is 9.28. The maximum Gasteiger partial charge on any atom is 0.255 e. The van der Waals surface area contributed by atoms with E-state index in [0.717, 1.165) is 24.0 Å². The fourth-order valence-electron chi connectivity index (χ4n) is 4.85. The molecule has 10 nitrogen and oxygen atoms in total. The molecule has 0 unspecified atom stereocenters. The van der Waals surface area contributed by atoms with Crippen molar-refractivity contribution < 1.29 is 14.3 Å². The number of methoxy groups -OCH3 is 1. The van der Waals surface area contributed by atoms with Gasteiger partial charge >= 0.3 is 0 Å². The molecule has 0 bridgehead atoms. The summed E-state index contributed by atoms with van der Waals surface area (Å²) in [7, 11) is 3.31. The predicted octanol–water partition coefficient (Wildman–Crippen LogP) is 2.50. The van der Waals surface area contributed by atoms with Crippen molar-refractivity contribution >= 4 is 40.3 Å². The largest absolute Gasteiger partial charge is 0.383 e. The standard InChI is InChI=1S/C26H30ClN7O3/c1-5-23(35)33-12-16(9-18(33)14-37-4)13-34-26(29-3)24(25(28)36)20(31-34)8-7-17-10-21-22(11-19(17)27)32(6-2)15-30-21/h5,10-11,15-16,18,29H,1,6,9,12-14H2,2-4H3,(H2,28,36)/t16-,18+/m0/s1. The summed E-state index contributed by atoms with van der Waals surface area (Å²) >= 11 is 6.50. The number of nitrogens with two attached hydrogens (primary N) is 1. The number of nitrogens with one attached hydrogen (secondary N) is 1. The van der Waals surface area contributed by atoms with Crippen LogP contribution < -0.4 is 11.1 Å². The molecule has 1 aliphatic heterocycles. The Morgan fingerprint density at radius 2 is 2.16 bits per heavy atom. The lowest BCUT2D eigenvalue weighted by Gasteiger charge is -2.22. The number of primary amides is 1. The summed E-state index contributed by atoms with van der Waals surface area (Å²) in [4.78, 5) is 30.9. The van der Waals surface area contributed by atoms with Crippen LogP contribution in [0.3, 0.4) is 0 Å². The Labute approximate surface area is 220 Å². The molecule has 1 fully saturated rings. The van der Waals surface area contributed by atoms with E-state index < -0.39 is 5.91 Å². The quantitative estimate of drug-likeness (QED) is 0.346. The number of carbonyl (C=O) groups excluding carboxylic acids is 2. The fraction of sp³-hybridized carbons (Fsp3) is 0.385. The number of halogens is 1. The van der Waals surface area contributed by atoms with Gasteiger partial charge < -0.3 is 25.3 Å². The van der Waals surface area contributed by atoms with E-state index >= 15 is 0 Å². The highest BCUT2D eigenvalue weighted by molar-refractivity contribution is 6.32. The van der Waals surface area contributed by atoms with Gasteiger partial charge in [0.2, 0.25) is 5.91 Å². The van der Waals surface area contributed by atoms with E-state index in [4.69, 9.17) is 22.1 Å². The van der Waals surface area contributed by atoms with Crippen LogP contribution in [-0.4, -0.2) is 69.4 Å². The summed E-state index contributed by atoms with van der Waals surface area (Å²) in [5.41, 5.74) is 8.44. The van der Waals surface area contributed by atoms with Gasteiger partial charge in [0.1, 0.15) is 11.4 Å². The van der Waals surface area contributed by atoms with Crippen LogP contribution in [0.15, 0.2) is 31.1 Å². The highest BCUT2D eigenvalue weighted by atomic mass is 35.5. The SMILES string of the molecule is C=CC(=O)N1C[C@@H](Cn2nc(C#Cc3cc4ncn(CC)c4cc3Cl)c(C(N)=O)c2NC)C[C@@H]1COC. The molecular weight excluding hydrogens is 494 g/mol. The topological polar surface area (TPSA) is 120 Å². The van der Waals surface area contributed by atoms with Crippen LogP contribution in [0.2, 0.25) is 5.02 Å². The van der Waals surface area contributed by atoms with E-state index in [9.17, 15) is 9.59 Å². The number of hydrogen-bond acceptors (Lipinski definition) is 6. The van der Waals surface area contributed by atoms with Crippen LogP contribution >= 0.6 is 11.6 Å². The van der Waals surface area contributed by atoms with Crippen molar-refractivity contribution in [3.63, 3.8) is 0 Å². The Hall–Kier alpha value is -3.81. The molecule has 3 N–H and O–H groups in total. The molecule has 0 radical (unpaired) electrons. The molecule has 2 aromatic heterocycles. The molecule has 0 aliphatic carbocycles. The van der Waals surface area contributed by atoms with Gasteiger partial charge in [-0.2, -0.15) is 5.10 Å². The first-order chi connectivity index (χ1) is 17.8. The van der Waals surface area contributed by atoms with Gasteiger partial charge in [-0.1, -0.05) is 24.1 Å². The third kappa shape index (κ3) is 5.19. The normalized spacial score (nSPS) is 17.0. The second kappa shape index (κ2) is 11.1. The zero-order valence-corrected chi connectivity index (χ0v) is 21.9. The highest BCUT2D eigenvalue weighted by Gasteiger charge is 2.35. The predicted molar refractivity (Wildman–Crippen MR) is 142 cm³/mol. The average Bonchev–Trinajstić information content (AvgIpc) is 3.57. The van der Waals surface area contributed by atoms with Gasteiger partial charge in [-0.15, -0.1) is 0 Å². The molecule has 37 heavy (non-hydrogen) atoms. The molecule has 0 saturated carbocycles. The molecule has 4 rings (SSSR count). The number of benzene rings is 1. The molecule has 2 atom stereocenters. The Kier molecular flexibility index (Phi) is 7.86. The molecular formula is C26H30ClN7O3. The van der Waals surface area contributed by atoms with Gasteiger partial charge in [-0.25, -0.2) is 9.67 Å². The van der Waals surface area contributed by atoms with Crippen LogP contribution in [-0.2, 0) is 22.6 Å². The molecule has 3 heterocycles. The van der Waals surface area contributed by atoms with Crippen molar-refractivity contribution in [1.29, 1.82) is 0 Å². The van der Waals surface area contributed by atoms with Gasteiger partial charge in [0, 0.05) is 39.4 Å². The summed E-state index contributed by atoms with van der Waals surface area (Å²) in [6.07, 6.45) is 3.80. The molecule has 1 aliphatic rings. The van der Waals surface area contributed by atoms with Gasteiger partial charge in [0.05, 0.1) is 35.0 Å². The van der Waals surface area contributed by atoms with E-state index in [1.807, 2.05) is 23.6 Å². The highest BCUT2D eigenvalue weighted by Crippen LogP contribution is 2.28. The van der Waals surface area contributed by atoms with Crippen molar-refractivity contribution in [3.05, 3.63) is 53.0 Å². The maximum absolute atomic E-state index is 12.4. The van der Waals surface area contributed by atoms with Crippen molar-refractivity contribution in [2.24, 2.45) is 11.7 Å². The number of imidazole rings is 1. The molecule has 1 saturated heterocycles. The second-order valence-electron chi connectivity index (χ2n) is 8.88. The van der Waals surface area contributed by atoms with E-state index in [1.165, 1.54) is 6.08 Å². The third-order valence-electron chi connectivity index (χ3n) is 6.55. The Morgan fingerprint density at radius 3 is 2.81 bits per heavy atom. The van der Waals surface area contributed by atoms with Crippen LogP contribution in [0.4, 0.5) is 5.82 Å². The molecule has 11 heteroatoms. The van der Waals surface area contributed by atoms with Crippen molar-refractivity contribution in [1.82, 2.24) is 24.2 Å². The summed E-state index contributed by atoms with van der Waals surface area (Å²) in [5, 5.41) is 8.13. The molecule has 194 valence electrons. The lowest BCUT2D eigenvalue weighted by molar-refractivity contribution is -0.127. The number of likely N-dealkylation sites (tertiary alicyclic amines) is 1. The number of hydrogen-bond donors (Lipinski definition) is 2. The number of ether oxygens (including phenoxy) is 1. The van der Waals surface area contributed by atoms with Gasteiger partial charge in [-0.05, 0) is 43.4 Å². The van der Waals surface area contributed by atoms with Crippen LogP contribution in [0.25, 0.3) is 11.0 Å². The maximum atomic E-state index is 12.4. The van der Waals surface area contributed by atoms with Crippen LogP contribution in [0, 0.1) is 17.8 Å². The molecule has 1 aromatic carbocycles. The number of aromatic nitrogens is 4. The minimum atomic E-state index is -0.643.